The van der Waals surface area contributed by atoms with E-state index in [1.54, 1.807) is 18.2 Å². The summed E-state index contributed by atoms with van der Waals surface area (Å²) in [4.78, 5) is 27.4. The molecule has 0 spiro atoms. The van der Waals surface area contributed by atoms with Gasteiger partial charge in [0.05, 0.1) is 6.42 Å². The monoisotopic (exact) mass is 284 g/mol. The van der Waals surface area contributed by atoms with Gasteiger partial charge in [0.25, 0.3) is 5.91 Å². The molecule has 7 nitrogen and oxygen atoms in total. The third kappa shape index (κ3) is 2.26. The highest BCUT2D eigenvalue weighted by Gasteiger charge is 2.29. The summed E-state index contributed by atoms with van der Waals surface area (Å²) >= 11 is 0. The van der Waals surface area contributed by atoms with E-state index in [2.05, 4.69) is 20.8 Å². The predicted octanol–water partition coefficient (Wildman–Crippen LogP) is 1.52. The SMILES string of the molecule is O=C1CC(C(=O)Nc2ccc3oc(C4CC4)nc3c2)=NN1. The maximum absolute atomic E-state index is 11.9. The van der Waals surface area contributed by atoms with Crippen LogP contribution in [-0.4, -0.2) is 22.5 Å². The highest BCUT2D eigenvalue weighted by molar-refractivity contribution is 6.46. The minimum Gasteiger partial charge on any atom is -0.440 e. The molecular weight excluding hydrogens is 272 g/mol. The number of hydrazone groups is 1. The van der Waals surface area contributed by atoms with Crippen molar-refractivity contribution in [2.24, 2.45) is 5.10 Å². The largest absolute Gasteiger partial charge is 0.440 e. The van der Waals surface area contributed by atoms with Gasteiger partial charge < -0.3 is 9.73 Å². The fourth-order valence-corrected chi connectivity index (χ4v) is 2.22. The number of benzene rings is 1. The first-order valence-corrected chi connectivity index (χ1v) is 6.76. The van der Waals surface area contributed by atoms with Crippen molar-refractivity contribution in [3.05, 3.63) is 24.1 Å². The Morgan fingerprint density at radius 3 is 2.95 bits per heavy atom. The molecule has 0 radical (unpaired) electrons. The van der Waals surface area contributed by atoms with Crippen molar-refractivity contribution < 1.29 is 14.0 Å². The van der Waals surface area contributed by atoms with Gasteiger partial charge in [-0.1, -0.05) is 0 Å². The second-order valence-electron chi connectivity index (χ2n) is 5.23. The number of amides is 2. The number of aromatic nitrogens is 1. The van der Waals surface area contributed by atoms with Gasteiger partial charge in [0.1, 0.15) is 11.2 Å². The molecule has 1 aromatic heterocycles. The third-order valence-corrected chi connectivity index (χ3v) is 3.49. The average Bonchev–Trinajstić information content (AvgIpc) is 3.09. The Labute approximate surface area is 119 Å². The van der Waals surface area contributed by atoms with Crippen LogP contribution in [0.3, 0.4) is 0 Å². The molecule has 0 saturated heterocycles. The predicted molar refractivity (Wildman–Crippen MR) is 74.8 cm³/mol. The Morgan fingerprint density at radius 1 is 1.38 bits per heavy atom. The van der Waals surface area contributed by atoms with Crippen molar-refractivity contribution in [3.63, 3.8) is 0 Å². The number of rotatable bonds is 3. The van der Waals surface area contributed by atoms with Gasteiger partial charge in [0.15, 0.2) is 11.5 Å². The standard InChI is InChI=1S/C14H12N4O3/c19-12-6-10(17-18-12)13(20)15-8-3-4-11-9(5-8)16-14(21-11)7-1-2-7/h3-5,7H,1-2,6H2,(H,15,20)(H,18,19). The topological polar surface area (TPSA) is 96.6 Å². The number of carbonyl (C=O) groups is 2. The molecule has 106 valence electrons. The van der Waals surface area contributed by atoms with E-state index in [1.807, 2.05) is 0 Å². The normalized spacial score (nSPS) is 17.7. The van der Waals surface area contributed by atoms with Crippen molar-refractivity contribution in [2.45, 2.75) is 25.2 Å². The van der Waals surface area contributed by atoms with Crippen LogP contribution in [0.2, 0.25) is 0 Å². The first kappa shape index (κ1) is 12.1. The molecule has 4 rings (SSSR count). The first-order valence-electron chi connectivity index (χ1n) is 6.76. The third-order valence-electron chi connectivity index (χ3n) is 3.49. The summed E-state index contributed by atoms with van der Waals surface area (Å²) in [6, 6.07) is 5.28. The lowest BCUT2D eigenvalue weighted by Crippen LogP contribution is -2.22. The van der Waals surface area contributed by atoms with Crippen LogP contribution in [0.4, 0.5) is 5.69 Å². The number of anilines is 1. The molecule has 7 heteroatoms. The Kier molecular flexibility index (Phi) is 2.53. The van der Waals surface area contributed by atoms with Gasteiger partial charge in [0.2, 0.25) is 5.91 Å². The summed E-state index contributed by atoms with van der Waals surface area (Å²) in [6.45, 7) is 0. The van der Waals surface area contributed by atoms with Crippen LogP contribution in [0, 0.1) is 0 Å². The molecule has 0 unspecified atom stereocenters. The lowest BCUT2D eigenvalue weighted by atomic mass is 10.2. The van der Waals surface area contributed by atoms with Gasteiger partial charge in [-0.25, -0.2) is 10.4 Å². The summed E-state index contributed by atoms with van der Waals surface area (Å²) in [5.74, 6) is 0.545. The Morgan fingerprint density at radius 2 is 2.24 bits per heavy atom. The lowest BCUT2D eigenvalue weighted by molar-refractivity contribution is -0.119. The number of nitrogens with one attached hydrogen (secondary N) is 2. The molecule has 0 bridgehead atoms. The fraction of sp³-hybridized carbons (Fsp3) is 0.286. The highest BCUT2D eigenvalue weighted by Crippen LogP contribution is 2.40. The van der Waals surface area contributed by atoms with Gasteiger partial charge in [-0.15, -0.1) is 0 Å². The zero-order valence-corrected chi connectivity index (χ0v) is 11.0. The average molecular weight is 284 g/mol. The molecular formula is C14H12N4O3. The van der Waals surface area contributed by atoms with E-state index in [1.165, 1.54) is 0 Å². The number of carbonyl (C=O) groups excluding carboxylic acids is 2. The first-order chi connectivity index (χ1) is 10.2. The molecule has 21 heavy (non-hydrogen) atoms. The van der Waals surface area contributed by atoms with Crippen molar-refractivity contribution in [1.82, 2.24) is 10.4 Å². The van der Waals surface area contributed by atoms with Gasteiger partial charge in [-0.05, 0) is 31.0 Å². The molecule has 0 atom stereocenters. The van der Waals surface area contributed by atoms with E-state index in [-0.39, 0.29) is 18.0 Å². The number of hydrogen-bond acceptors (Lipinski definition) is 5. The second-order valence-corrected chi connectivity index (χ2v) is 5.23. The van der Waals surface area contributed by atoms with Crippen LogP contribution in [-0.2, 0) is 9.59 Å². The van der Waals surface area contributed by atoms with Crippen molar-refractivity contribution in [2.75, 3.05) is 5.32 Å². The number of oxazole rings is 1. The van der Waals surface area contributed by atoms with Gasteiger partial charge in [-0.3, -0.25) is 9.59 Å². The molecule has 2 aliphatic rings. The molecule has 1 saturated carbocycles. The second kappa shape index (κ2) is 4.41. The van der Waals surface area contributed by atoms with Crippen molar-refractivity contribution in [3.8, 4) is 0 Å². The van der Waals surface area contributed by atoms with E-state index in [0.29, 0.717) is 17.2 Å². The van der Waals surface area contributed by atoms with E-state index in [0.717, 1.165) is 24.2 Å². The van der Waals surface area contributed by atoms with Crippen LogP contribution in [0.5, 0.6) is 0 Å². The summed E-state index contributed by atoms with van der Waals surface area (Å²) in [6.07, 6.45) is 2.25. The quantitative estimate of drug-likeness (QED) is 0.893. The van der Waals surface area contributed by atoms with Gasteiger partial charge in [0, 0.05) is 11.6 Å². The molecule has 2 heterocycles. The molecule has 1 aliphatic heterocycles. The minimum absolute atomic E-state index is 0.00384. The molecule has 2 amide bonds. The number of fused-ring (bicyclic) bond motifs is 1. The molecule has 2 N–H and O–H groups in total. The molecule has 1 aliphatic carbocycles. The number of hydrogen-bond donors (Lipinski definition) is 2. The summed E-state index contributed by atoms with van der Waals surface area (Å²) in [7, 11) is 0. The minimum atomic E-state index is -0.390. The summed E-state index contributed by atoms with van der Waals surface area (Å²) in [5.41, 5.74) is 4.46. The molecule has 1 fully saturated rings. The van der Waals surface area contributed by atoms with Crippen LogP contribution < -0.4 is 10.7 Å². The summed E-state index contributed by atoms with van der Waals surface area (Å²) < 4.78 is 5.66. The number of nitrogens with zero attached hydrogens (tertiary/aromatic N) is 2. The highest BCUT2D eigenvalue weighted by atomic mass is 16.3. The zero-order chi connectivity index (χ0) is 14.4. The van der Waals surface area contributed by atoms with Crippen molar-refractivity contribution >= 4 is 34.3 Å². The van der Waals surface area contributed by atoms with E-state index >= 15 is 0 Å². The van der Waals surface area contributed by atoms with Crippen LogP contribution in [0.25, 0.3) is 11.1 Å². The molecule has 1 aromatic carbocycles. The van der Waals surface area contributed by atoms with E-state index in [9.17, 15) is 9.59 Å². The fourth-order valence-electron chi connectivity index (χ4n) is 2.22. The Hall–Kier alpha value is -2.70. The van der Waals surface area contributed by atoms with Crippen LogP contribution in [0.1, 0.15) is 31.1 Å². The van der Waals surface area contributed by atoms with Crippen LogP contribution in [0.15, 0.2) is 27.7 Å². The van der Waals surface area contributed by atoms with E-state index < -0.39 is 5.91 Å². The smallest absolute Gasteiger partial charge is 0.272 e. The van der Waals surface area contributed by atoms with Gasteiger partial charge in [-0.2, -0.15) is 5.10 Å². The Balaban J connectivity index is 1.56. The van der Waals surface area contributed by atoms with Crippen molar-refractivity contribution in [1.29, 1.82) is 0 Å². The lowest BCUT2D eigenvalue weighted by Gasteiger charge is -2.03. The molecule has 2 aromatic rings. The maximum atomic E-state index is 11.9. The van der Waals surface area contributed by atoms with E-state index in [4.69, 9.17) is 4.42 Å². The zero-order valence-electron chi connectivity index (χ0n) is 11.0. The maximum Gasteiger partial charge on any atom is 0.272 e. The summed E-state index contributed by atoms with van der Waals surface area (Å²) in [5, 5.41) is 6.39. The Bertz CT molecular complexity index is 789. The van der Waals surface area contributed by atoms with Crippen LogP contribution >= 0.6 is 0 Å². The van der Waals surface area contributed by atoms with Gasteiger partial charge >= 0.3 is 0 Å².